The molecule has 2 N–H and O–H groups in total. The van der Waals surface area contributed by atoms with Crippen molar-refractivity contribution in [3.8, 4) is 0 Å². The lowest BCUT2D eigenvalue weighted by Gasteiger charge is -2.21. The first-order chi connectivity index (χ1) is 38.2. The van der Waals surface area contributed by atoms with Crippen LogP contribution < -0.4 is 0 Å². The van der Waals surface area contributed by atoms with Crippen LogP contribution in [0.4, 0.5) is 0 Å². The van der Waals surface area contributed by atoms with Crippen LogP contribution in [0.3, 0.4) is 0 Å². The molecule has 0 heterocycles. The summed E-state index contributed by atoms with van der Waals surface area (Å²) >= 11 is 0. The van der Waals surface area contributed by atoms with Crippen molar-refractivity contribution in [3.63, 3.8) is 0 Å². The van der Waals surface area contributed by atoms with E-state index in [1.165, 1.54) is 57.8 Å². The minimum atomic E-state index is -4.77. The molecule has 0 aromatic rings. The number of unbranched alkanes of at least 4 members (excludes halogenated alkanes) is 21. The zero-order valence-corrected chi connectivity index (χ0v) is 50.2. The van der Waals surface area contributed by atoms with Gasteiger partial charge < -0.3 is 24.2 Å². The number of aliphatic hydroxyl groups is 1. The molecule has 11 nitrogen and oxygen atoms in total. The summed E-state index contributed by atoms with van der Waals surface area (Å²) in [5.74, 6) is -1.53. The lowest BCUT2D eigenvalue weighted by molar-refractivity contribution is -0.161. The van der Waals surface area contributed by atoms with E-state index in [1.807, 2.05) is 0 Å². The van der Waals surface area contributed by atoms with E-state index in [2.05, 4.69) is 130 Å². The van der Waals surface area contributed by atoms with Crippen LogP contribution >= 0.6 is 7.82 Å². The Morgan fingerprint density at radius 3 is 1.09 bits per heavy atom. The number of hydrogen-bond donors (Lipinski definition) is 2. The zero-order valence-electron chi connectivity index (χ0n) is 49.3. The third-order valence-electron chi connectivity index (χ3n) is 12.6. The quantitative estimate of drug-likeness (QED) is 0.0197. The average Bonchev–Trinajstić information content (AvgIpc) is 3.43. The van der Waals surface area contributed by atoms with Crippen molar-refractivity contribution in [2.24, 2.45) is 0 Å². The highest BCUT2D eigenvalue weighted by Gasteiger charge is 2.28. The molecule has 0 aromatic heterocycles. The van der Waals surface area contributed by atoms with Gasteiger partial charge in [0.05, 0.1) is 19.8 Å². The number of carbonyl (C=O) groups is 3. The third kappa shape index (κ3) is 56.8. The topological polar surface area (TPSA) is 155 Å². The van der Waals surface area contributed by atoms with Gasteiger partial charge in [0.2, 0.25) is 0 Å². The predicted octanol–water partition coefficient (Wildman–Crippen LogP) is 18.6. The van der Waals surface area contributed by atoms with Crippen molar-refractivity contribution in [2.45, 2.75) is 264 Å². The summed E-state index contributed by atoms with van der Waals surface area (Å²) in [6.07, 6.45) is 71.8. The smallest absolute Gasteiger partial charge is 0.462 e. The molecule has 0 aliphatic heterocycles. The minimum Gasteiger partial charge on any atom is -0.462 e. The van der Waals surface area contributed by atoms with Gasteiger partial charge in [-0.1, -0.05) is 220 Å². The van der Waals surface area contributed by atoms with Gasteiger partial charge in [0, 0.05) is 19.3 Å². The van der Waals surface area contributed by atoms with Crippen LogP contribution in [0, 0.1) is 0 Å². The van der Waals surface area contributed by atoms with Crippen molar-refractivity contribution in [3.05, 3.63) is 109 Å². The van der Waals surface area contributed by atoms with Crippen LogP contribution in [0.1, 0.15) is 252 Å². The van der Waals surface area contributed by atoms with Crippen molar-refractivity contribution in [1.29, 1.82) is 0 Å². The number of ether oxygens (including phenoxy) is 3. The molecule has 78 heavy (non-hydrogen) atoms. The fourth-order valence-electron chi connectivity index (χ4n) is 7.98. The fourth-order valence-corrected chi connectivity index (χ4v) is 8.76. The number of phosphoric ester groups is 1. The monoisotopic (exact) mass is 1110 g/mol. The Balaban J connectivity index is 4.80. The summed E-state index contributed by atoms with van der Waals surface area (Å²) in [4.78, 5) is 48.7. The number of aliphatic hydroxyl groups excluding tert-OH is 1. The van der Waals surface area contributed by atoms with E-state index >= 15 is 0 Å². The number of rotatable bonds is 56. The van der Waals surface area contributed by atoms with Crippen molar-refractivity contribution >= 4 is 25.7 Å². The largest absolute Gasteiger partial charge is 0.472 e. The normalized spacial score (nSPS) is 14.1. The molecule has 0 aromatic carbocycles. The molecule has 0 radical (unpaired) electrons. The number of phosphoric acid groups is 1. The summed E-state index contributed by atoms with van der Waals surface area (Å²) in [5, 5.41) is 9.82. The first kappa shape index (κ1) is 74.1. The molecule has 0 aliphatic carbocycles. The lowest BCUT2D eigenvalue weighted by atomic mass is 10.1. The highest BCUT2D eigenvalue weighted by molar-refractivity contribution is 7.47. The minimum absolute atomic E-state index is 0.122. The molecule has 3 unspecified atom stereocenters. The van der Waals surface area contributed by atoms with E-state index in [1.54, 1.807) is 0 Å². The van der Waals surface area contributed by atoms with Crippen LogP contribution in [-0.4, -0.2) is 66.5 Å². The van der Waals surface area contributed by atoms with E-state index in [4.69, 9.17) is 23.3 Å². The van der Waals surface area contributed by atoms with E-state index in [9.17, 15) is 28.9 Å². The Bertz CT molecular complexity index is 1720. The molecule has 0 fully saturated rings. The summed E-state index contributed by atoms with van der Waals surface area (Å²) in [5.41, 5.74) is 0. The summed E-state index contributed by atoms with van der Waals surface area (Å²) < 4.78 is 39.6. The molecular formula is C66H111O11P. The number of allylic oxidation sites excluding steroid dienone is 18. The molecule has 3 atom stereocenters. The van der Waals surface area contributed by atoms with Crippen LogP contribution in [-0.2, 0) is 42.2 Å². The van der Waals surface area contributed by atoms with Gasteiger partial charge in [-0.3, -0.25) is 23.4 Å². The Morgan fingerprint density at radius 1 is 0.372 bits per heavy atom. The van der Waals surface area contributed by atoms with Gasteiger partial charge in [-0.05, 0) is 122 Å². The van der Waals surface area contributed by atoms with Gasteiger partial charge >= 0.3 is 25.7 Å². The Labute approximate surface area is 475 Å². The second-order valence-corrected chi connectivity index (χ2v) is 21.6. The molecule has 0 aliphatic rings. The van der Waals surface area contributed by atoms with Gasteiger partial charge in [-0.2, -0.15) is 0 Å². The standard InChI is InChI=1S/C66H111O11P/c1-4-7-10-13-16-19-22-25-27-29-31-33-35-38-40-43-46-49-52-55-64(68)73-59-63(77-66(70)57-54-51-48-45-42-39-36-34-32-30-28-26-23-20-17-14-11-8-5-2)61-75-78(71,72)74-60-62(58-67)76-65(69)56-53-50-47-44-41-37-24-21-18-15-12-9-6-3/h8,11-12,15-17,19-21,24-28,32,34,39,42,62-63,67H,4-7,9-10,13-14,18,22-23,29-31,33,35-38,40-41,43-61H2,1-3H3,(H,71,72)/b11-8-,15-12-,19-16-,20-17-,24-21-,27-25-,28-26-,34-32-,42-39-. The summed E-state index contributed by atoms with van der Waals surface area (Å²) in [7, 11) is -4.77. The molecule has 0 saturated carbocycles. The van der Waals surface area contributed by atoms with Crippen molar-refractivity contribution in [1.82, 2.24) is 0 Å². The van der Waals surface area contributed by atoms with Gasteiger partial charge in [0.15, 0.2) is 6.10 Å². The van der Waals surface area contributed by atoms with Crippen LogP contribution in [0.5, 0.6) is 0 Å². The Hall–Kier alpha value is -3.86. The maximum absolute atomic E-state index is 12.9. The molecule has 0 rings (SSSR count). The first-order valence-electron chi connectivity index (χ1n) is 30.8. The third-order valence-corrected chi connectivity index (χ3v) is 13.6. The second-order valence-electron chi connectivity index (χ2n) is 20.1. The van der Waals surface area contributed by atoms with Crippen molar-refractivity contribution < 1.29 is 52.2 Å². The molecular weight excluding hydrogens is 1000 g/mol. The molecule has 12 heteroatoms. The van der Waals surface area contributed by atoms with E-state index in [-0.39, 0.29) is 25.9 Å². The highest BCUT2D eigenvalue weighted by Crippen LogP contribution is 2.43. The molecule has 0 bridgehead atoms. The average molecular weight is 1110 g/mol. The highest BCUT2D eigenvalue weighted by atomic mass is 31.2. The molecule has 446 valence electrons. The summed E-state index contributed by atoms with van der Waals surface area (Å²) in [6.45, 7) is 4.39. The predicted molar refractivity (Wildman–Crippen MR) is 325 cm³/mol. The number of esters is 3. The first-order valence-corrected chi connectivity index (χ1v) is 32.3. The molecule has 0 amide bonds. The van der Waals surface area contributed by atoms with Gasteiger partial charge in [-0.25, -0.2) is 4.57 Å². The number of hydrogen-bond acceptors (Lipinski definition) is 10. The fraction of sp³-hybridized carbons (Fsp3) is 0.682. The molecule has 0 saturated heterocycles. The zero-order chi connectivity index (χ0) is 56.9. The van der Waals surface area contributed by atoms with Crippen LogP contribution in [0.15, 0.2) is 109 Å². The Morgan fingerprint density at radius 2 is 0.692 bits per heavy atom. The van der Waals surface area contributed by atoms with E-state index in [0.717, 1.165) is 135 Å². The van der Waals surface area contributed by atoms with Gasteiger partial charge in [0.1, 0.15) is 12.7 Å². The van der Waals surface area contributed by atoms with Gasteiger partial charge in [0.25, 0.3) is 0 Å². The maximum Gasteiger partial charge on any atom is 0.472 e. The second kappa shape index (κ2) is 59.3. The number of carbonyl (C=O) groups excluding carboxylic acids is 3. The van der Waals surface area contributed by atoms with E-state index in [0.29, 0.717) is 19.3 Å². The SMILES string of the molecule is CC/C=C\C/C=C\C/C=C\C/C=C\C/C=C\CCCCCC(=O)OC(COC(=O)CCCCCCCCCCC/C=C\C/C=C\CCCCC)COP(=O)(O)OCC(CO)OC(=O)CCCCCCC/C=C\C/C=C\CCC. The van der Waals surface area contributed by atoms with Crippen LogP contribution in [0.25, 0.3) is 0 Å². The van der Waals surface area contributed by atoms with Crippen molar-refractivity contribution in [2.75, 3.05) is 26.4 Å². The van der Waals surface area contributed by atoms with E-state index < -0.39 is 57.8 Å². The summed E-state index contributed by atoms with van der Waals surface area (Å²) in [6, 6.07) is 0. The Kier molecular flexibility index (Phi) is 56.3. The van der Waals surface area contributed by atoms with Crippen LogP contribution in [0.2, 0.25) is 0 Å². The lowest BCUT2D eigenvalue weighted by Crippen LogP contribution is -2.30. The maximum atomic E-state index is 12.9. The molecule has 0 spiro atoms. The van der Waals surface area contributed by atoms with Gasteiger partial charge in [-0.15, -0.1) is 0 Å².